The maximum Gasteiger partial charge on any atom is 0.0540 e. The molecule has 0 amide bonds. The second-order valence-corrected chi connectivity index (χ2v) is 3.89. The zero-order valence-corrected chi connectivity index (χ0v) is 10.1. The lowest BCUT2D eigenvalue weighted by Gasteiger charge is -2.30. The van der Waals surface area contributed by atoms with Gasteiger partial charge in [-0.3, -0.25) is 0 Å². The van der Waals surface area contributed by atoms with Crippen LogP contribution in [0.25, 0.3) is 0 Å². The van der Waals surface area contributed by atoms with E-state index in [0.29, 0.717) is 5.92 Å². The summed E-state index contributed by atoms with van der Waals surface area (Å²) in [4.78, 5) is 2.09. The highest BCUT2D eigenvalue weighted by molar-refractivity contribution is 4.99. The van der Waals surface area contributed by atoms with Crippen molar-refractivity contribution in [2.75, 3.05) is 14.1 Å². The van der Waals surface area contributed by atoms with Gasteiger partial charge in [0.25, 0.3) is 0 Å². The predicted octanol–water partition coefficient (Wildman–Crippen LogP) is 2.64. The van der Waals surface area contributed by atoms with Crippen molar-refractivity contribution >= 4 is 0 Å². The number of hydrogen-bond acceptors (Lipinski definition) is 2. The van der Waals surface area contributed by atoms with Crippen molar-refractivity contribution < 1.29 is 5.11 Å². The van der Waals surface area contributed by atoms with Crippen LogP contribution in [-0.2, 0) is 0 Å². The molecule has 0 bridgehead atoms. The van der Waals surface area contributed by atoms with Crippen molar-refractivity contribution in [3.05, 3.63) is 12.3 Å². The number of allylic oxidation sites excluding steroid dienone is 1. The molecule has 0 spiro atoms. The van der Waals surface area contributed by atoms with Crippen LogP contribution in [0.2, 0.25) is 0 Å². The molecule has 1 rings (SSSR count). The average Bonchev–Trinajstić information content (AvgIpc) is 2.21. The highest BCUT2D eigenvalue weighted by Gasteiger charge is 2.21. The lowest BCUT2D eigenvalue weighted by Crippen LogP contribution is -2.24. The summed E-state index contributed by atoms with van der Waals surface area (Å²) in [6.45, 7) is 8.05. The molecule has 0 aliphatic heterocycles. The first-order valence-corrected chi connectivity index (χ1v) is 5.65. The lowest BCUT2D eigenvalue weighted by atomic mass is 9.85. The van der Waals surface area contributed by atoms with Gasteiger partial charge in [0.2, 0.25) is 0 Å². The molecule has 84 valence electrons. The minimum atomic E-state index is -0.0591. The summed E-state index contributed by atoms with van der Waals surface area (Å²) >= 11 is 0. The summed E-state index contributed by atoms with van der Waals surface area (Å²) in [6, 6.07) is 0. The molecule has 1 aliphatic rings. The monoisotopic (exact) mass is 199 g/mol. The van der Waals surface area contributed by atoms with E-state index in [4.69, 9.17) is 0 Å². The normalized spacial score (nSPS) is 26.1. The van der Waals surface area contributed by atoms with Gasteiger partial charge in [0.1, 0.15) is 0 Å². The van der Waals surface area contributed by atoms with E-state index in [2.05, 4.69) is 11.5 Å². The highest BCUT2D eigenvalue weighted by atomic mass is 16.3. The van der Waals surface area contributed by atoms with E-state index < -0.39 is 0 Å². The summed E-state index contributed by atoms with van der Waals surface area (Å²) in [5, 5.41) is 9.30. The van der Waals surface area contributed by atoms with E-state index in [1.807, 2.05) is 27.9 Å². The van der Waals surface area contributed by atoms with Crippen molar-refractivity contribution in [1.82, 2.24) is 4.90 Å². The molecule has 1 aliphatic carbocycles. The summed E-state index contributed by atoms with van der Waals surface area (Å²) in [7, 11) is 4.07. The van der Waals surface area contributed by atoms with E-state index in [1.165, 1.54) is 5.70 Å². The minimum Gasteiger partial charge on any atom is -0.393 e. The van der Waals surface area contributed by atoms with Crippen LogP contribution in [0.5, 0.6) is 0 Å². The summed E-state index contributed by atoms with van der Waals surface area (Å²) in [5.41, 5.74) is 1.21. The molecule has 1 N–H and O–H groups in total. The van der Waals surface area contributed by atoms with Gasteiger partial charge in [-0.2, -0.15) is 0 Å². The Bertz CT molecular complexity index is 158. The van der Waals surface area contributed by atoms with E-state index >= 15 is 0 Å². The van der Waals surface area contributed by atoms with Crippen LogP contribution in [0.4, 0.5) is 0 Å². The van der Waals surface area contributed by atoms with Crippen molar-refractivity contribution in [2.45, 2.75) is 45.6 Å². The van der Waals surface area contributed by atoms with Gasteiger partial charge in [-0.05, 0) is 31.6 Å². The fourth-order valence-corrected chi connectivity index (χ4v) is 1.77. The molecule has 2 heteroatoms. The Hall–Kier alpha value is -0.500. The van der Waals surface area contributed by atoms with Gasteiger partial charge in [-0.15, -0.1) is 0 Å². The number of nitrogens with zero attached hydrogens (tertiary/aromatic N) is 1. The van der Waals surface area contributed by atoms with Crippen molar-refractivity contribution in [3.63, 3.8) is 0 Å². The maximum atomic E-state index is 9.30. The van der Waals surface area contributed by atoms with Gasteiger partial charge >= 0.3 is 0 Å². The second kappa shape index (κ2) is 6.88. The van der Waals surface area contributed by atoms with Gasteiger partial charge in [0.15, 0.2) is 0 Å². The molecule has 0 heterocycles. The van der Waals surface area contributed by atoms with E-state index in [1.54, 1.807) is 0 Å². The molecule has 2 nitrogen and oxygen atoms in total. The number of hydrogen-bond donors (Lipinski definition) is 1. The molecule has 0 aromatic rings. The molecule has 0 unspecified atom stereocenters. The number of aliphatic hydroxyl groups is 1. The molecular weight excluding hydrogens is 174 g/mol. The first kappa shape index (κ1) is 13.5. The van der Waals surface area contributed by atoms with Crippen LogP contribution >= 0.6 is 0 Å². The maximum absolute atomic E-state index is 9.30. The summed E-state index contributed by atoms with van der Waals surface area (Å²) in [5.74, 6) is 0.600. The van der Waals surface area contributed by atoms with Gasteiger partial charge in [-0.1, -0.05) is 20.4 Å². The molecule has 0 aromatic carbocycles. The Kier molecular flexibility index (Phi) is 6.64. The van der Waals surface area contributed by atoms with Crippen LogP contribution in [0, 0.1) is 5.92 Å². The second-order valence-electron chi connectivity index (χ2n) is 3.89. The van der Waals surface area contributed by atoms with Gasteiger partial charge in [0.05, 0.1) is 6.10 Å². The Balaban J connectivity index is 0.000000791. The highest BCUT2D eigenvalue weighted by Crippen LogP contribution is 2.29. The first-order chi connectivity index (χ1) is 6.61. The van der Waals surface area contributed by atoms with E-state index in [0.717, 1.165) is 25.7 Å². The van der Waals surface area contributed by atoms with Crippen LogP contribution < -0.4 is 0 Å². The SMILES string of the molecule is C=C(C1CCC(O)CC1)N(C)C.CC. The van der Waals surface area contributed by atoms with Crippen molar-refractivity contribution in [3.8, 4) is 0 Å². The Morgan fingerprint density at radius 3 is 1.93 bits per heavy atom. The Labute approximate surface area is 88.6 Å². The van der Waals surface area contributed by atoms with Gasteiger partial charge < -0.3 is 10.0 Å². The summed E-state index contributed by atoms with van der Waals surface area (Å²) < 4.78 is 0. The minimum absolute atomic E-state index is 0.0591. The quantitative estimate of drug-likeness (QED) is 0.739. The lowest BCUT2D eigenvalue weighted by molar-refractivity contribution is 0.111. The number of rotatable bonds is 2. The van der Waals surface area contributed by atoms with Crippen LogP contribution in [0.1, 0.15) is 39.5 Å². The third kappa shape index (κ3) is 4.14. The van der Waals surface area contributed by atoms with Gasteiger partial charge in [-0.25, -0.2) is 0 Å². The molecule has 1 fully saturated rings. The largest absolute Gasteiger partial charge is 0.393 e. The molecule has 14 heavy (non-hydrogen) atoms. The van der Waals surface area contributed by atoms with Crippen LogP contribution in [0.3, 0.4) is 0 Å². The third-order valence-electron chi connectivity index (χ3n) is 2.74. The van der Waals surface area contributed by atoms with Crippen LogP contribution in [-0.4, -0.2) is 30.2 Å². The van der Waals surface area contributed by atoms with Crippen molar-refractivity contribution in [1.29, 1.82) is 0 Å². The third-order valence-corrected chi connectivity index (χ3v) is 2.74. The Morgan fingerprint density at radius 1 is 1.14 bits per heavy atom. The molecule has 0 radical (unpaired) electrons. The zero-order valence-electron chi connectivity index (χ0n) is 10.1. The van der Waals surface area contributed by atoms with Crippen molar-refractivity contribution in [2.24, 2.45) is 5.92 Å². The fourth-order valence-electron chi connectivity index (χ4n) is 1.77. The molecule has 0 aromatic heterocycles. The first-order valence-electron chi connectivity index (χ1n) is 5.65. The van der Waals surface area contributed by atoms with E-state index in [-0.39, 0.29) is 6.10 Å². The van der Waals surface area contributed by atoms with Gasteiger partial charge in [0, 0.05) is 19.8 Å². The fraction of sp³-hybridized carbons (Fsp3) is 0.833. The summed E-state index contributed by atoms with van der Waals surface area (Å²) in [6.07, 6.45) is 4.02. The molecule has 0 atom stereocenters. The predicted molar refractivity (Wildman–Crippen MR) is 62.1 cm³/mol. The van der Waals surface area contributed by atoms with E-state index in [9.17, 15) is 5.11 Å². The molecule has 1 saturated carbocycles. The van der Waals surface area contributed by atoms with Crippen LogP contribution in [0.15, 0.2) is 12.3 Å². The smallest absolute Gasteiger partial charge is 0.0540 e. The zero-order chi connectivity index (χ0) is 11.1. The molecular formula is C12H25NO. The topological polar surface area (TPSA) is 23.5 Å². The Morgan fingerprint density at radius 2 is 1.57 bits per heavy atom. The average molecular weight is 199 g/mol. The standard InChI is InChI=1S/C10H19NO.C2H6/c1-8(11(2)3)9-4-6-10(12)7-5-9;1-2/h9-10,12H,1,4-7H2,2-3H3;1-2H3. The molecule has 0 saturated heterocycles. The number of aliphatic hydroxyl groups excluding tert-OH is 1.